The fourth-order valence-electron chi connectivity index (χ4n) is 2.65. The van der Waals surface area contributed by atoms with Gasteiger partial charge in [0.1, 0.15) is 6.61 Å². The third-order valence-electron chi connectivity index (χ3n) is 4.14. The molecule has 0 radical (unpaired) electrons. The van der Waals surface area contributed by atoms with Gasteiger partial charge in [-0.05, 0) is 59.2 Å². The SMILES string of the molecule is N#C/C(=C\c1cc(Cl)c(OCc2ccc(Cl)cc2)c(Cl)c1)c1ccc([N+](=O)[O-])cc1. The molecule has 0 N–H and O–H groups in total. The van der Waals surface area contributed by atoms with Crippen molar-refractivity contribution >= 4 is 52.1 Å². The lowest BCUT2D eigenvalue weighted by molar-refractivity contribution is -0.384. The molecule has 0 bridgehead atoms. The standard InChI is InChI=1S/C22H13Cl3N2O3/c23-18-5-1-14(2-6-18)13-30-22-20(24)10-15(11-21(22)25)9-17(12-26)16-3-7-19(8-4-16)27(28)29/h1-11H,13H2/b17-9+. The summed E-state index contributed by atoms with van der Waals surface area (Å²) in [5, 5.41) is 21.5. The van der Waals surface area contributed by atoms with Crippen LogP contribution in [0.25, 0.3) is 11.6 Å². The normalized spacial score (nSPS) is 11.1. The Kier molecular flexibility index (Phi) is 6.96. The first-order valence-corrected chi connectivity index (χ1v) is 9.73. The zero-order valence-corrected chi connectivity index (χ0v) is 17.6. The van der Waals surface area contributed by atoms with E-state index in [-0.39, 0.29) is 12.3 Å². The molecule has 8 heteroatoms. The molecular formula is C22H13Cl3N2O3. The predicted molar refractivity (Wildman–Crippen MR) is 119 cm³/mol. The molecule has 0 spiro atoms. The molecule has 0 atom stereocenters. The van der Waals surface area contributed by atoms with Crippen LogP contribution < -0.4 is 4.74 Å². The summed E-state index contributed by atoms with van der Waals surface area (Å²) in [4.78, 5) is 10.3. The molecule has 30 heavy (non-hydrogen) atoms. The molecule has 0 fully saturated rings. The van der Waals surface area contributed by atoms with Gasteiger partial charge in [0.05, 0.1) is 26.6 Å². The Balaban J connectivity index is 1.83. The Morgan fingerprint density at radius 3 is 2.17 bits per heavy atom. The van der Waals surface area contributed by atoms with Gasteiger partial charge in [-0.15, -0.1) is 0 Å². The second-order valence-corrected chi connectivity index (χ2v) is 7.45. The summed E-state index contributed by atoms with van der Waals surface area (Å²) in [5.41, 5.74) is 2.30. The van der Waals surface area contributed by atoms with Crippen LogP contribution >= 0.6 is 34.8 Å². The highest BCUT2D eigenvalue weighted by molar-refractivity contribution is 6.37. The minimum absolute atomic E-state index is 0.0516. The van der Waals surface area contributed by atoms with Gasteiger partial charge in [0.25, 0.3) is 5.69 Å². The third kappa shape index (κ3) is 5.31. The number of nitriles is 1. The first kappa shape index (κ1) is 21.7. The van der Waals surface area contributed by atoms with Gasteiger partial charge in [-0.1, -0.05) is 46.9 Å². The van der Waals surface area contributed by atoms with Crippen molar-refractivity contribution in [3.63, 3.8) is 0 Å². The molecule has 5 nitrogen and oxygen atoms in total. The van der Waals surface area contributed by atoms with E-state index >= 15 is 0 Å². The van der Waals surface area contributed by atoms with Crippen LogP contribution in [0.1, 0.15) is 16.7 Å². The molecule has 3 rings (SSSR count). The average Bonchev–Trinajstić information content (AvgIpc) is 2.73. The van der Waals surface area contributed by atoms with Gasteiger partial charge in [0.2, 0.25) is 0 Å². The van der Waals surface area contributed by atoms with E-state index in [1.165, 1.54) is 24.3 Å². The number of nitrogens with zero attached hydrogens (tertiary/aromatic N) is 2. The van der Waals surface area contributed by atoms with E-state index in [4.69, 9.17) is 39.5 Å². The Morgan fingerprint density at radius 1 is 1.03 bits per heavy atom. The molecule has 0 unspecified atom stereocenters. The van der Waals surface area contributed by atoms with Crippen molar-refractivity contribution in [2.45, 2.75) is 6.61 Å². The van der Waals surface area contributed by atoms with Gasteiger partial charge >= 0.3 is 0 Å². The molecule has 0 aliphatic heterocycles. The van der Waals surface area contributed by atoms with Crippen molar-refractivity contribution in [2.24, 2.45) is 0 Å². The van der Waals surface area contributed by atoms with Crippen LogP contribution in [0.4, 0.5) is 5.69 Å². The van der Waals surface area contributed by atoms with Crippen LogP contribution in [0, 0.1) is 21.4 Å². The molecule has 3 aromatic rings. The molecule has 3 aromatic carbocycles. The number of non-ortho nitro benzene ring substituents is 1. The summed E-state index contributed by atoms with van der Waals surface area (Å²) in [6, 6.07) is 18.3. The van der Waals surface area contributed by atoms with Crippen LogP contribution in [0.3, 0.4) is 0 Å². The fraction of sp³-hybridized carbons (Fsp3) is 0.0455. The third-order valence-corrected chi connectivity index (χ3v) is 4.95. The van der Waals surface area contributed by atoms with E-state index in [9.17, 15) is 15.4 Å². The quantitative estimate of drug-likeness (QED) is 0.169. The van der Waals surface area contributed by atoms with E-state index in [0.29, 0.717) is 37.5 Å². The number of allylic oxidation sites excluding steroid dienone is 1. The van der Waals surface area contributed by atoms with Crippen molar-refractivity contribution in [1.29, 1.82) is 5.26 Å². The maximum Gasteiger partial charge on any atom is 0.269 e. The van der Waals surface area contributed by atoms with E-state index in [2.05, 4.69) is 6.07 Å². The van der Waals surface area contributed by atoms with Crippen LogP contribution in [0.5, 0.6) is 5.75 Å². The maximum atomic E-state index is 10.8. The molecule has 0 saturated heterocycles. The van der Waals surface area contributed by atoms with Crippen molar-refractivity contribution in [3.05, 3.63) is 103 Å². The Bertz CT molecular complexity index is 1130. The number of nitro benzene ring substituents is 1. The van der Waals surface area contributed by atoms with Crippen LogP contribution in [0.2, 0.25) is 15.1 Å². The Labute approximate surface area is 187 Å². The summed E-state index contributed by atoms with van der Waals surface area (Å²) >= 11 is 18.5. The number of hydrogen-bond donors (Lipinski definition) is 0. The topological polar surface area (TPSA) is 76.2 Å². The van der Waals surface area contributed by atoms with Crippen molar-refractivity contribution in [3.8, 4) is 11.8 Å². The van der Waals surface area contributed by atoms with Crippen molar-refractivity contribution in [1.82, 2.24) is 0 Å². The summed E-state index contributed by atoms with van der Waals surface area (Å²) < 4.78 is 5.74. The Morgan fingerprint density at radius 2 is 1.63 bits per heavy atom. The van der Waals surface area contributed by atoms with Gasteiger partial charge in [0.15, 0.2) is 5.75 Å². The highest BCUT2D eigenvalue weighted by Crippen LogP contribution is 2.36. The number of nitro groups is 1. The van der Waals surface area contributed by atoms with E-state index < -0.39 is 4.92 Å². The first-order valence-electron chi connectivity index (χ1n) is 8.60. The number of halogens is 3. The van der Waals surface area contributed by atoms with Gasteiger partial charge in [0, 0.05) is 17.2 Å². The zero-order chi connectivity index (χ0) is 21.7. The summed E-state index contributed by atoms with van der Waals surface area (Å²) in [5.74, 6) is 0.333. The molecule has 0 saturated carbocycles. The molecule has 0 aromatic heterocycles. The number of benzene rings is 3. The van der Waals surface area contributed by atoms with Gasteiger partial charge in [-0.3, -0.25) is 10.1 Å². The molecule has 0 amide bonds. The Hall–Kier alpha value is -3.04. The smallest absolute Gasteiger partial charge is 0.269 e. The maximum absolute atomic E-state index is 10.8. The predicted octanol–water partition coefficient (Wildman–Crippen LogP) is 7.20. The lowest BCUT2D eigenvalue weighted by atomic mass is 10.0. The summed E-state index contributed by atoms with van der Waals surface area (Å²) in [6.07, 6.45) is 1.60. The lowest BCUT2D eigenvalue weighted by Crippen LogP contribution is -1.97. The largest absolute Gasteiger partial charge is 0.486 e. The molecule has 0 aliphatic rings. The first-order chi connectivity index (χ1) is 14.4. The number of hydrogen-bond acceptors (Lipinski definition) is 4. The minimum atomic E-state index is -0.498. The fourth-order valence-corrected chi connectivity index (χ4v) is 3.39. The number of ether oxygens (including phenoxy) is 1. The monoisotopic (exact) mass is 458 g/mol. The summed E-state index contributed by atoms with van der Waals surface area (Å²) in [7, 11) is 0. The zero-order valence-electron chi connectivity index (χ0n) is 15.3. The average molecular weight is 460 g/mol. The second kappa shape index (κ2) is 9.64. The molecule has 150 valence electrons. The van der Waals surface area contributed by atoms with E-state index in [0.717, 1.165) is 5.56 Å². The van der Waals surface area contributed by atoms with Gasteiger partial charge in [-0.25, -0.2) is 0 Å². The highest BCUT2D eigenvalue weighted by atomic mass is 35.5. The number of rotatable bonds is 6. The van der Waals surface area contributed by atoms with Gasteiger partial charge < -0.3 is 4.74 Å². The highest BCUT2D eigenvalue weighted by Gasteiger charge is 2.12. The minimum Gasteiger partial charge on any atom is -0.486 e. The molecule has 0 aliphatic carbocycles. The van der Waals surface area contributed by atoms with Crippen molar-refractivity contribution < 1.29 is 9.66 Å². The molecular weight excluding hydrogens is 447 g/mol. The second-order valence-electron chi connectivity index (χ2n) is 6.20. The lowest BCUT2D eigenvalue weighted by Gasteiger charge is -2.11. The van der Waals surface area contributed by atoms with Crippen LogP contribution in [-0.4, -0.2) is 4.92 Å². The van der Waals surface area contributed by atoms with E-state index in [1.807, 2.05) is 12.1 Å². The van der Waals surface area contributed by atoms with Crippen LogP contribution in [0.15, 0.2) is 60.7 Å². The van der Waals surface area contributed by atoms with Crippen LogP contribution in [-0.2, 0) is 6.61 Å². The molecule has 0 heterocycles. The summed E-state index contributed by atoms with van der Waals surface area (Å²) in [6.45, 7) is 0.262. The van der Waals surface area contributed by atoms with Gasteiger partial charge in [-0.2, -0.15) is 5.26 Å². The van der Waals surface area contributed by atoms with E-state index in [1.54, 1.807) is 30.3 Å². The van der Waals surface area contributed by atoms with Crippen molar-refractivity contribution in [2.75, 3.05) is 0 Å².